The fourth-order valence-corrected chi connectivity index (χ4v) is 2.14. The topological polar surface area (TPSA) is 98.1 Å². The first-order valence-electron chi connectivity index (χ1n) is 6.86. The highest BCUT2D eigenvalue weighted by molar-refractivity contribution is 6.30. The van der Waals surface area contributed by atoms with Crippen molar-refractivity contribution in [3.05, 3.63) is 39.8 Å². The Balaban J connectivity index is 2.47. The van der Waals surface area contributed by atoms with E-state index in [4.69, 9.17) is 17.4 Å². The van der Waals surface area contributed by atoms with Gasteiger partial charge in [0, 0.05) is 17.1 Å². The molecule has 1 aromatic heterocycles. The maximum Gasteiger partial charge on any atom is 0.416 e. The molecule has 0 amide bonds. The van der Waals surface area contributed by atoms with Gasteiger partial charge in [-0.2, -0.15) is 13.2 Å². The molecule has 0 aliphatic heterocycles. The van der Waals surface area contributed by atoms with Crippen LogP contribution in [0.15, 0.2) is 29.1 Å². The van der Waals surface area contributed by atoms with Gasteiger partial charge in [-0.05, 0) is 24.3 Å². The van der Waals surface area contributed by atoms with Gasteiger partial charge in [0.2, 0.25) is 0 Å². The Morgan fingerprint density at radius 2 is 1.96 bits per heavy atom. The van der Waals surface area contributed by atoms with Crippen LogP contribution in [-0.4, -0.2) is 38.3 Å². The number of benzene rings is 1. The number of hydrazine groups is 1. The lowest BCUT2D eigenvalue weighted by molar-refractivity contribution is -0.207. The monoisotopic (exact) mass is 365 g/mol. The van der Waals surface area contributed by atoms with Crippen molar-refractivity contribution < 1.29 is 18.3 Å². The molecule has 11 heteroatoms. The van der Waals surface area contributed by atoms with Crippen LogP contribution in [0, 0.1) is 0 Å². The molecule has 0 bridgehead atoms. The first kappa shape index (κ1) is 18.5. The molecule has 0 aliphatic carbocycles. The molecule has 1 heterocycles. The minimum atomic E-state index is -4.85. The van der Waals surface area contributed by atoms with Crippen LogP contribution in [0.2, 0.25) is 5.02 Å². The Bertz CT molecular complexity index is 742. The number of aliphatic hydroxyl groups is 1. The van der Waals surface area contributed by atoms with E-state index in [0.717, 1.165) is 9.25 Å². The van der Waals surface area contributed by atoms with Crippen molar-refractivity contribution in [2.45, 2.75) is 25.4 Å². The van der Waals surface area contributed by atoms with Crippen LogP contribution in [0.4, 0.5) is 13.2 Å². The Morgan fingerprint density at radius 3 is 2.50 bits per heavy atom. The summed E-state index contributed by atoms with van der Waals surface area (Å²) in [6, 6.07) is 6.08. The second kappa shape index (κ2) is 7.34. The normalized spacial score (nSPS) is 13.2. The summed E-state index contributed by atoms with van der Waals surface area (Å²) in [4.78, 5) is 12.3. The molecule has 7 nitrogen and oxygen atoms in total. The number of halogens is 4. The van der Waals surface area contributed by atoms with E-state index in [2.05, 4.69) is 10.5 Å². The van der Waals surface area contributed by atoms with E-state index in [1.165, 1.54) is 24.3 Å². The summed E-state index contributed by atoms with van der Waals surface area (Å²) < 4.78 is 39.6. The van der Waals surface area contributed by atoms with Gasteiger partial charge < -0.3 is 5.11 Å². The lowest BCUT2D eigenvalue weighted by Crippen LogP contribution is -2.38. The van der Waals surface area contributed by atoms with Crippen molar-refractivity contribution in [2.75, 3.05) is 6.54 Å². The molecule has 1 aromatic carbocycles. The summed E-state index contributed by atoms with van der Waals surface area (Å²) in [5.41, 5.74) is 1.94. The third-order valence-corrected chi connectivity index (χ3v) is 3.48. The highest BCUT2D eigenvalue weighted by atomic mass is 35.5. The van der Waals surface area contributed by atoms with Crippen LogP contribution in [0.25, 0.3) is 11.4 Å². The van der Waals surface area contributed by atoms with E-state index in [1.807, 2.05) is 0 Å². The van der Waals surface area contributed by atoms with Crippen LogP contribution >= 0.6 is 11.6 Å². The summed E-state index contributed by atoms with van der Waals surface area (Å²) in [5, 5.41) is 13.7. The van der Waals surface area contributed by atoms with Crippen molar-refractivity contribution >= 4 is 11.6 Å². The van der Waals surface area contributed by atoms with Crippen molar-refractivity contribution in [3.8, 4) is 11.4 Å². The highest BCUT2D eigenvalue weighted by Gasteiger charge is 2.39. The van der Waals surface area contributed by atoms with Gasteiger partial charge in [-0.15, -0.1) is 5.10 Å². The Kier molecular flexibility index (Phi) is 5.65. The zero-order chi connectivity index (χ0) is 17.9. The lowest BCUT2D eigenvalue weighted by atomic mass is 10.2. The number of rotatable bonds is 6. The average Bonchev–Trinajstić information content (AvgIpc) is 2.82. The number of hydrogen-bond donors (Lipinski definition) is 3. The second-order valence-electron chi connectivity index (χ2n) is 4.96. The predicted molar refractivity (Wildman–Crippen MR) is 81.2 cm³/mol. The van der Waals surface area contributed by atoms with E-state index in [9.17, 15) is 23.1 Å². The fraction of sp³-hybridized carbons (Fsp3) is 0.385. The molecule has 0 saturated heterocycles. The maximum atomic E-state index is 12.6. The number of aliphatic hydroxyl groups excluding tert-OH is 1. The Labute approximate surface area is 139 Å². The second-order valence-corrected chi connectivity index (χ2v) is 5.39. The van der Waals surface area contributed by atoms with Gasteiger partial charge >= 0.3 is 11.9 Å². The van der Waals surface area contributed by atoms with Crippen LogP contribution in [0.5, 0.6) is 0 Å². The molecule has 4 N–H and O–H groups in total. The van der Waals surface area contributed by atoms with Crippen molar-refractivity contribution in [2.24, 2.45) is 5.84 Å². The van der Waals surface area contributed by atoms with Crippen molar-refractivity contribution in [1.29, 1.82) is 0 Å². The third kappa shape index (κ3) is 4.15. The van der Waals surface area contributed by atoms with Gasteiger partial charge in [0.1, 0.15) is 0 Å². The molecule has 2 rings (SSSR count). The van der Waals surface area contributed by atoms with Gasteiger partial charge in [0.25, 0.3) is 0 Å². The number of nitrogens with zero attached hydrogens (tertiary/aromatic N) is 3. The van der Waals surface area contributed by atoms with E-state index >= 15 is 0 Å². The number of hydrogen-bond acceptors (Lipinski definition) is 5. The van der Waals surface area contributed by atoms with E-state index in [-0.39, 0.29) is 18.9 Å². The first-order chi connectivity index (χ1) is 11.2. The zero-order valence-electron chi connectivity index (χ0n) is 12.3. The van der Waals surface area contributed by atoms with Gasteiger partial charge in [-0.25, -0.2) is 9.48 Å². The number of nitrogens with two attached hydrogens (primary N) is 1. The predicted octanol–water partition coefficient (Wildman–Crippen LogP) is 0.752. The highest BCUT2D eigenvalue weighted by Crippen LogP contribution is 2.23. The molecule has 0 unspecified atom stereocenters. The summed E-state index contributed by atoms with van der Waals surface area (Å²) in [6.07, 6.45) is -7.54. The lowest BCUT2D eigenvalue weighted by Gasteiger charge is -2.15. The molecule has 0 radical (unpaired) electrons. The SMILES string of the molecule is NNCCn1nc(-c2ccc(Cl)cc2)n(C[C@H](O)C(F)(F)F)c1=O. The number of alkyl halides is 3. The number of nitrogens with one attached hydrogen (secondary N) is 1. The molecule has 0 aliphatic rings. The summed E-state index contributed by atoms with van der Waals surface area (Å²) in [7, 11) is 0. The molecular formula is C13H15ClF3N5O2. The van der Waals surface area contributed by atoms with Crippen molar-refractivity contribution in [1.82, 2.24) is 19.8 Å². The zero-order valence-corrected chi connectivity index (χ0v) is 13.1. The van der Waals surface area contributed by atoms with Gasteiger partial charge in [0.15, 0.2) is 11.9 Å². The standard InChI is InChI=1S/C13H15ClF3N5O2/c14-9-3-1-8(2-4-9)11-20-22(6-5-19-18)12(24)21(11)7-10(23)13(15,16)17/h1-4,10,19,23H,5-7,18H2/t10-/m0/s1. The Morgan fingerprint density at radius 1 is 1.33 bits per heavy atom. The van der Waals surface area contributed by atoms with E-state index < -0.39 is 24.5 Å². The summed E-state index contributed by atoms with van der Waals surface area (Å²) in [5.74, 6) is 5.13. The maximum absolute atomic E-state index is 12.6. The Hall–Kier alpha value is -1.88. The smallest absolute Gasteiger partial charge is 0.382 e. The van der Waals surface area contributed by atoms with Gasteiger partial charge in [-0.1, -0.05) is 11.6 Å². The minimum Gasteiger partial charge on any atom is -0.382 e. The fourth-order valence-electron chi connectivity index (χ4n) is 2.01. The third-order valence-electron chi connectivity index (χ3n) is 3.23. The van der Waals surface area contributed by atoms with Crippen LogP contribution in [0.1, 0.15) is 0 Å². The van der Waals surface area contributed by atoms with Crippen LogP contribution < -0.4 is 17.0 Å². The van der Waals surface area contributed by atoms with E-state index in [1.54, 1.807) is 0 Å². The molecule has 0 spiro atoms. The molecule has 2 aromatic rings. The molecule has 132 valence electrons. The van der Waals surface area contributed by atoms with Crippen molar-refractivity contribution in [3.63, 3.8) is 0 Å². The van der Waals surface area contributed by atoms with E-state index in [0.29, 0.717) is 10.6 Å². The minimum absolute atomic E-state index is 0.00279. The molecule has 0 fully saturated rings. The average molecular weight is 366 g/mol. The van der Waals surface area contributed by atoms with Gasteiger partial charge in [-0.3, -0.25) is 15.8 Å². The molecule has 1 atom stereocenters. The molecular weight excluding hydrogens is 351 g/mol. The first-order valence-corrected chi connectivity index (χ1v) is 7.23. The van der Waals surface area contributed by atoms with Crippen LogP contribution in [0.3, 0.4) is 0 Å². The molecule has 24 heavy (non-hydrogen) atoms. The summed E-state index contributed by atoms with van der Waals surface area (Å²) in [6.45, 7) is -0.708. The van der Waals surface area contributed by atoms with Gasteiger partial charge in [0.05, 0.1) is 13.1 Å². The molecule has 0 saturated carbocycles. The summed E-state index contributed by atoms with van der Waals surface area (Å²) >= 11 is 5.78. The quantitative estimate of drug-likeness (QED) is 0.518. The van der Waals surface area contributed by atoms with Crippen LogP contribution in [-0.2, 0) is 13.1 Å². The largest absolute Gasteiger partial charge is 0.416 e. The number of aromatic nitrogens is 3.